The average Bonchev–Trinajstić information content (AvgIpc) is 3.32. The van der Waals surface area contributed by atoms with E-state index in [9.17, 15) is 9.59 Å². The van der Waals surface area contributed by atoms with Gasteiger partial charge in [-0.15, -0.1) is 23.1 Å². The van der Waals surface area contributed by atoms with E-state index in [2.05, 4.69) is 24.4 Å². The molecule has 5 nitrogen and oxygen atoms in total. The van der Waals surface area contributed by atoms with Gasteiger partial charge in [0.15, 0.2) is 0 Å². The lowest BCUT2D eigenvalue weighted by molar-refractivity contribution is -0.133. The third-order valence-corrected chi connectivity index (χ3v) is 8.36. The number of anilines is 1. The van der Waals surface area contributed by atoms with Crippen molar-refractivity contribution in [1.82, 2.24) is 9.80 Å². The maximum atomic E-state index is 13.8. The summed E-state index contributed by atoms with van der Waals surface area (Å²) in [6, 6.07) is 22.0. The second-order valence-corrected chi connectivity index (χ2v) is 11.6. The van der Waals surface area contributed by atoms with Gasteiger partial charge in [0.1, 0.15) is 6.54 Å². The van der Waals surface area contributed by atoms with Gasteiger partial charge in [0.05, 0.1) is 6.54 Å². The molecule has 7 heteroatoms. The van der Waals surface area contributed by atoms with Gasteiger partial charge in [-0.2, -0.15) is 0 Å². The molecule has 1 N–H and O–H groups in total. The minimum atomic E-state index is -0.196. The number of thioether (sulfide) groups is 1. The summed E-state index contributed by atoms with van der Waals surface area (Å²) in [5, 5.41) is 3.05. The van der Waals surface area contributed by atoms with Crippen molar-refractivity contribution in [2.24, 2.45) is 0 Å². The van der Waals surface area contributed by atoms with Gasteiger partial charge in [-0.25, -0.2) is 4.79 Å². The second kappa shape index (κ2) is 13.0. The van der Waals surface area contributed by atoms with Gasteiger partial charge in [0.25, 0.3) is 0 Å². The van der Waals surface area contributed by atoms with E-state index in [-0.39, 0.29) is 24.5 Å². The number of rotatable bonds is 9. The zero-order valence-corrected chi connectivity index (χ0v) is 22.7. The predicted molar refractivity (Wildman–Crippen MR) is 151 cm³/mol. The molecule has 1 aliphatic rings. The highest BCUT2D eigenvalue weighted by Gasteiger charge is 2.29. The Kier molecular flexibility index (Phi) is 9.47. The van der Waals surface area contributed by atoms with E-state index in [1.54, 1.807) is 28.0 Å². The third kappa shape index (κ3) is 7.37. The lowest BCUT2D eigenvalue weighted by Crippen LogP contribution is -2.49. The number of amides is 3. The van der Waals surface area contributed by atoms with E-state index in [4.69, 9.17) is 0 Å². The summed E-state index contributed by atoms with van der Waals surface area (Å²) >= 11 is 3.38. The standard InChI is InChI=1S/C29H35N3O2S2/c1-22-13-16-27(36-22)20-31(19-23-9-5-3-6-10-23)28(33)21-32(25-11-7-4-8-12-25)29(34)30-24-14-17-26(35-2)18-15-24/h3,5-6,9-10,13-18,25H,4,7-8,11-12,19-21H2,1-2H3,(H,30,34). The monoisotopic (exact) mass is 521 g/mol. The number of nitrogens with one attached hydrogen (secondary N) is 1. The number of carbonyl (C=O) groups excluding carboxylic acids is 2. The van der Waals surface area contributed by atoms with E-state index in [0.29, 0.717) is 13.1 Å². The molecule has 0 spiro atoms. The first kappa shape index (κ1) is 26.3. The number of urea groups is 1. The van der Waals surface area contributed by atoms with Crippen molar-refractivity contribution in [3.63, 3.8) is 0 Å². The Morgan fingerprint density at radius 2 is 1.67 bits per heavy atom. The summed E-state index contributed by atoms with van der Waals surface area (Å²) < 4.78 is 0. The Morgan fingerprint density at radius 1 is 0.944 bits per heavy atom. The van der Waals surface area contributed by atoms with Crippen LogP contribution in [0.1, 0.15) is 47.4 Å². The smallest absolute Gasteiger partial charge is 0.322 e. The molecule has 1 heterocycles. The van der Waals surface area contributed by atoms with Crippen molar-refractivity contribution in [3.05, 3.63) is 82.0 Å². The van der Waals surface area contributed by atoms with Crippen LogP contribution in [0.15, 0.2) is 71.6 Å². The maximum absolute atomic E-state index is 13.8. The van der Waals surface area contributed by atoms with Crippen molar-refractivity contribution in [2.75, 3.05) is 18.1 Å². The zero-order chi connectivity index (χ0) is 25.3. The zero-order valence-electron chi connectivity index (χ0n) is 21.1. The number of hydrogen-bond acceptors (Lipinski definition) is 4. The molecule has 2 aromatic carbocycles. The Balaban J connectivity index is 1.52. The van der Waals surface area contributed by atoms with Crippen LogP contribution in [-0.4, -0.2) is 40.6 Å². The van der Waals surface area contributed by atoms with E-state index in [1.807, 2.05) is 65.8 Å². The summed E-state index contributed by atoms with van der Waals surface area (Å²) in [6.07, 6.45) is 7.28. The van der Waals surface area contributed by atoms with Crippen molar-refractivity contribution in [2.45, 2.75) is 63.1 Å². The second-order valence-electron chi connectivity index (χ2n) is 9.33. The molecule has 0 radical (unpaired) electrons. The van der Waals surface area contributed by atoms with Crippen LogP contribution in [-0.2, 0) is 17.9 Å². The molecule has 1 fully saturated rings. The van der Waals surface area contributed by atoms with Gasteiger partial charge >= 0.3 is 6.03 Å². The quantitative estimate of drug-likeness (QED) is 0.304. The maximum Gasteiger partial charge on any atom is 0.322 e. The van der Waals surface area contributed by atoms with Crippen molar-refractivity contribution < 1.29 is 9.59 Å². The lowest BCUT2D eigenvalue weighted by Gasteiger charge is -2.35. The summed E-state index contributed by atoms with van der Waals surface area (Å²) in [7, 11) is 0. The van der Waals surface area contributed by atoms with Crippen LogP contribution < -0.4 is 5.32 Å². The molecule has 0 saturated heterocycles. The first-order chi connectivity index (χ1) is 17.5. The fourth-order valence-corrected chi connectivity index (χ4v) is 5.98. The number of aryl methyl sites for hydroxylation is 1. The normalized spacial score (nSPS) is 13.8. The lowest BCUT2D eigenvalue weighted by atomic mass is 9.94. The fraction of sp³-hybridized carbons (Fsp3) is 0.379. The molecule has 0 bridgehead atoms. The molecule has 1 aliphatic carbocycles. The number of carbonyl (C=O) groups is 2. The Hall–Kier alpha value is -2.77. The highest BCUT2D eigenvalue weighted by atomic mass is 32.2. The molecular weight excluding hydrogens is 486 g/mol. The molecule has 4 rings (SSSR count). The van der Waals surface area contributed by atoms with Gasteiger partial charge < -0.3 is 15.1 Å². The van der Waals surface area contributed by atoms with E-state index >= 15 is 0 Å². The first-order valence-electron chi connectivity index (χ1n) is 12.6. The minimum Gasteiger partial charge on any atom is -0.332 e. The van der Waals surface area contributed by atoms with Crippen molar-refractivity contribution in [1.29, 1.82) is 0 Å². The first-order valence-corrected chi connectivity index (χ1v) is 14.6. The van der Waals surface area contributed by atoms with Gasteiger partial charge in [-0.05, 0) is 68.0 Å². The summed E-state index contributed by atoms with van der Waals surface area (Å²) in [5.41, 5.74) is 1.84. The molecule has 36 heavy (non-hydrogen) atoms. The van der Waals surface area contributed by atoms with Crippen LogP contribution in [0.2, 0.25) is 0 Å². The summed E-state index contributed by atoms with van der Waals surface area (Å²) in [6.45, 7) is 3.23. The van der Waals surface area contributed by atoms with Gasteiger partial charge in [0.2, 0.25) is 5.91 Å². The van der Waals surface area contributed by atoms with Crippen LogP contribution in [0.4, 0.5) is 10.5 Å². The fourth-order valence-electron chi connectivity index (χ4n) is 4.67. The summed E-state index contributed by atoms with van der Waals surface area (Å²) in [5.74, 6) is -0.0247. The number of nitrogens with zero attached hydrogens (tertiary/aromatic N) is 2. The molecule has 190 valence electrons. The van der Waals surface area contributed by atoms with Gasteiger partial charge in [-0.1, -0.05) is 49.6 Å². The summed E-state index contributed by atoms with van der Waals surface area (Å²) in [4.78, 5) is 34.4. The van der Waals surface area contributed by atoms with Crippen LogP contribution in [0, 0.1) is 6.92 Å². The molecular formula is C29H35N3O2S2. The molecule has 0 atom stereocenters. The van der Waals surface area contributed by atoms with Crippen LogP contribution in [0.3, 0.4) is 0 Å². The SMILES string of the molecule is CSc1ccc(NC(=O)N(CC(=O)N(Cc2ccccc2)Cc2ccc(C)s2)C2CCCCC2)cc1. The largest absolute Gasteiger partial charge is 0.332 e. The highest BCUT2D eigenvalue weighted by molar-refractivity contribution is 7.98. The molecule has 3 amide bonds. The minimum absolute atomic E-state index is 0.0247. The number of benzene rings is 2. The topological polar surface area (TPSA) is 52.7 Å². The highest BCUT2D eigenvalue weighted by Crippen LogP contribution is 2.25. The van der Waals surface area contributed by atoms with Crippen LogP contribution >= 0.6 is 23.1 Å². The average molecular weight is 522 g/mol. The van der Waals surface area contributed by atoms with Gasteiger partial charge in [-0.3, -0.25) is 4.79 Å². The Labute approximate surface area is 222 Å². The van der Waals surface area contributed by atoms with Crippen molar-refractivity contribution in [3.8, 4) is 0 Å². The van der Waals surface area contributed by atoms with Gasteiger partial charge in [0, 0.05) is 32.9 Å². The van der Waals surface area contributed by atoms with E-state index < -0.39 is 0 Å². The molecule has 0 aliphatic heterocycles. The molecule has 0 unspecified atom stereocenters. The number of thiophene rings is 1. The molecule has 1 aromatic heterocycles. The third-order valence-electron chi connectivity index (χ3n) is 6.63. The van der Waals surface area contributed by atoms with E-state index in [1.165, 1.54) is 11.3 Å². The predicted octanol–water partition coefficient (Wildman–Crippen LogP) is 7.17. The number of hydrogen-bond donors (Lipinski definition) is 1. The van der Waals surface area contributed by atoms with E-state index in [0.717, 1.165) is 46.7 Å². The Morgan fingerprint density at radius 3 is 2.31 bits per heavy atom. The van der Waals surface area contributed by atoms with Crippen LogP contribution in [0.5, 0.6) is 0 Å². The van der Waals surface area contributed by atoms with Crippen molar-refractivity contribution >= 4 is 40.7 Å². The molecule has 1 saturated carbocycles. The molecule has 3 aromatic rings. The van der Waals surface area contributed by atoms with Crippen LogP contribution in [0.25, 0.3) is 0 Å². The Bertz CT molecular complexity index is 1120.